The Bertz CT molecular complexity index is 379. The Morgan fingerprint density at radius 3 is 2.50 bits per heavy atom. The molecule has 0 atom stereocenters. The molecule has 0 unspecified atom stereocenters. The molecule has 0 saturated carbocycles. The van der Waals surface area contributed by atoms with Crippen LogP contribution in [0.15, 0.2) is 12.1 Å². The van der Waals surface area contributed by atoms with Crippen molar-refractivity contribution in [1.29, 1.82) is 0 Å². The Morgan fingerprint density at radius 1 is 1.50 bits per heavy atom. The number of rotatable bonds is 2. The summed E-state index contributed by atoms with van der Waals surface area (Å²) < 4.78 is 0. The molecule has 0 heterocycles. The fraction of sp³-hybridized carbons (Fsp3) is 0.125. The number of nitro groups is 1. The average molecular weight is 195 g/mol. The first kappa shape index (κ1) is 9.97. The molecule has 14 heavy (non-hydrogen) atoms. The number of nitrogens with zero attached hydrogens (tertiary/aromatic N) is 1. The Morgan fingerprint density at radius 2 is 2.07 bits per heavy atom. The summed E-state index contributed by atoms with van der Waals surface area (Å²) in [6.45, 7) is 1.46. The number of carbonyl (C=O) groups excluding carboxylic acids is 1. The number of nitro benzene ring substituents is 1. The quantitative estimate of drug-likeness (QED) is 0.408. The predicted molar refractivity (Wildman–Crippen MR) is 50.8 cm³/mol. The second-order valence-corrected chi connectivity index (χ2v) is 2.83. The van der Waals surface area contributed by atoms with E-state index in [0.29, 0.717) is 0 Å². The second kappa shape index (κ2) is 3.33. The minimum atomic E-state index is -0.724. The van der Waals surface area contributed by atoms with Gasteiger partial charge in [-0.05, 0) is 13.0 Å². The number of primary amides is 1. The molecule has 6 heteroatoms. The molecular weight excluding hydrogens is 186 g/mol. The van der Waals surface area contributed by atoms with Crippen molar-refractivity contribution >= 4 is 17.3 Å². The van der Waals surface area contributed by atoms with Crippen molar-refractivity contribution in [3.63, 3.8) is 0 Å². The zero-order valence-corrected chi connectivity index (χ0v) is 7.48. The summed E-state index contributed by atoms with van der Waals surface area (Å²) >= 11 is 0. The maximum absolute atomic E-state index is 10.9. The van der Waals surface area contributed by atoms with Crippen LogP contribution in [0.4, 0.5) is 11.4 Å². The summed E-state index contributed by atoms with van der Waals surface area (Å²) in [6.07, 6.45) is 0. The van der Waals surface area contributed by atoms with Crippen molar-refractivity contribution in [2.75, 3.05) is 5.73 Å². The Labute approximate surface area is 79.7 Å². The topological polar surface area (TPSA) is 112 Å². The standard InChI is InChI=1S/C8H9N3O3/c1-4-6(8(10)12)2-5(9)3-7(4)11(13)14/h2-3H,9H2,1H3,(H2,10,12). The average Bonchev–Trinajstić information content (AvgIpc) is 2.07. The molecule has 0 bridgehead atoms. The van der Waals surface area contributed by atoms with E-state index in [-0.39, 0.29) is 22.5 Å². The van der Waals surface area contributed by atoms with Crippen LogP contribution in [0.1, 0.15) is 15.9 Å². The Hall–Kier alpha value is -2.11. The third kappa shape index (κ3) is 1.63. The molecule has 0 radical (unpaired) electrons. The summed E-state index contributed by atoms with van der Waals surface area (Å²) in [4.78, 5) is 20.8. The lowest BCUT2D eigenvalue weighted by molar-refractivity contribution is -0.385. The van der Waals surface area contributed by atoms with E-state index in [2.05, 4.69) is 0 Å². The zero-order valence-electron chi connectivity index (χ0n) is 7.48. The highest BCUT2D eigenvalue weighted by molar-refractivity contribution is 5.96. The number of hydrogen-bond donors (Lipinski definition) is 2. The molecule has 0 aliphatic heterocycles. The normalized spacial score (nSPS) is 9.79. The lowest BCUT2D eigenvalue weighted by Gasteiger charge is -2.03. The molecule has 0 saturated heterocycles. The van der Waals surface area contributed by atoms with Gasteiger partial charge in [0.05, 0.1) is 10.5 Å². The third-order valence-corrected chi connectivity index (χ3v) is 1.86. The molecule has 0 spiro atoms. The molecule has 4 N–H and O–H groups in total. The summed E-state index contributed by atoms with van der Waals surface area (Å²) in [7, 11) is 0. The largest absolute Gasteiger partial charge is 0.399 e. The molecule has 6 nitrogen and oxygen atoms in total. The molecular formula is C8H9N3O3. The molecule has 1 aromatic rings. The Balaban J connectivity index is 3.47. The van der Waals surface area contributed by atoms with Crippen molar-refractivity contribution in [3.8, 4) is 0 Å². The van der Waals surface area contributed by atoms with Crippen LogP contribution in [0.25, 0.3) is 0 Å². The first-order chi connectivity index (χ1) is 6.43. The minimum Gasteiger partial charge on any atom is -0.399 e. The molecule has 1 aromatic carbocycles. The van der Waals surface area contributed by atoms with Crippen LogP contribution in [-0.2, 0) is 0 Å². The maximum atomic E-state index is 10.9. The van der Waals surface area contributed by atoms with E-state index < -0.39 is 10.8 Å². The van der Waals surface area contributed by atoms with Gasteiger partial charge in [0.2, 0.25) is 5.91 Å². The van der Waals surface area contributed by atoms with E-state index in [1.165, 1.54) is 19.1 Å². The van der Waals surface area contributed by atoms with Crippen LogP contribution >= 0.6 is 0 Å². The number of hydrogen-bond acceptors (Lipinski definition) is 4. The maximum Gasteiger partial charge on any atom is 0.275 e. The highest BCUT2D eigenvalue weighted by Gasteiger charge is 2.17. The van der Waals surface area contributed by atoms with Crippen molar-refractivity contribution in [3.05, 3.63) is 33.4 Å². The van der Waals surface area contributed by atoms with Crippen LogP contribution in [-0.4, -0.2) is 10.8 Å². The van der Waals surface area contributed by atoms with Crippen LogP contribution in [0.3, 0.4) is 0 Å². The third-order valence-electron chi connectivity index (χ3n) is 1.86. The number of nitrogen functional groups attached to an aromatic ring is 1. The van der Waals surface area contributed by atoms with Gasteiger partial charge in [-0.2, -0.15) is 0 Å². The summed E-state index contributed by atoms with van der Waals surface area (Å²) in [5.74, 6) is -0.724. The minimum absolute atomic E-state index is 0.0803. The van der Waals surface area contributed by atoms with E-state index >= 15 is 0 Å². The van der Waals surface area contributed by atoms with E-state index in [4.69, 9.17) is 11.5 Å². The van der Waals surface area contributed by atoms with Crippen LogP contribution in [0.5, 0.6) is 0 Å². The van der Waals surface area contributed by atoms with Gasteiger partial charge < -0.3 is 11.5 Å². The fourth-order valence-corrected chi connectivity index (χ4v) is 1.17. The van der Waals surface area contributed by atoms with Gasteiger partial charge in [-0.1, -0.05) is 0 Å². The van der Waals surface area contributed by atoms with E-state index in [1.807, 2.05) is 0 Å². The van der Waals surface area contributed by atoms with Crippen molar-refractivity contribution in [2.24, 2.45) is 5.73 Å². The summed E-state index contributed by atoms with van der Waals surface area (Å²) in [5, 5.41) is 10.5. The first-order valence-electron chi connectivity index (χ1n) is 3.77. The monoisotopic (exact) mass is 195 g/mol. The number of anilines is 1. The Kier molecular flexibility index (Phi) is 2.37. The van der Waals surface area contributed by atoms with Crippen LogP contribution < -0.4 is 11.5 Å². The van der Waals surface area contributed by atoms with E-state index in [1.54, 1.807) is 0 Å². The van der Waals surface area contributed by atoms with Crippen LogP contribution in [0.2, 0.25) is 0 Å². The van der Waals surface area contributed by atoms with Crippen molar-refractivity contribution < 1.29 is 9.72 Å². The number of carbonyl (C=O) groups is 1. The molecule has 0 aliphatic carbocycles. The predicted octanol–water partition coefficient (Wildman–Crippen LogP) is 0.584. The van der Waals surface area contributed by atoms with Crippen molar-refractivity contribution in [1.82, 2.24) is 0 Å². The van der Waals surface area contributed by atoms with Crippen LogP contribution in [0, 0.1) is 17.0 Å². The van der Waals surface area contributed by atoms with Gasteiger partial charge in [0.25, 0.3) is 5.69 Å². The first-order valence-corrected chi connectivity index (χ1v) is 3.77. The molecule has 1 amide bonds. The molecule has 0 fully saturated rings. The molecule has 0 aliphatic rings. The molecule has 0 aromatic heterocycles. The van der Waals surface area contributed by atoms with Gasteiger partial charge in [-0.25, -0.2) is 0 Å². The molecule has 1 rings (SSSR count). The molecule has 74 valence electrons. The van der Waals surface area contributed by atoms with Gasteiger partial charge in [0.1, 0.15) is 0 Å². The zero-order chi connectivity index (χ0) is 10.9. The number of nitrogens with two attached hydrogens (primary N) is 2. The van der Waals surface area contributed by atoms with Gasteiger partial charge in [0, 0.05) is 17.3 Å². The van der Waals surface area contributed by atoms with Gasteiger partial charge in [-0.15, -0.1) is 0 Å². The fourth-order valence-electron chi connectivity index (χ4n) is 1.17. The van der Waals surface area contributed by atoms with E-state index in [9.17, 15) is 14.9 Å². The number of benzene rings is 1. The number of amides is 1. The lowest BCUT2D eigenvalue weighted by Crippen LogP contribution is -2.14. The SMILES string of the molecule is Cc1c(C(N)=O)cc(N)cc1[N+](=O)[O-]. The lowest BCUT2D eigenvalue weighted by atomic mass is 10.1. The van der Waals surface area contributed by atoms with E-state index in [0.717, 1.165) is 0 Å². The van der Waals surface area contributed by atoms with Crippen molar-refractivity contribution in [2.45, 2.75) is 6.92 Å². The highest BCUT2D eigenvalue weighted by Crippen LogP contribution is 2.24. The van der Waals surface area contributed by atoms with Gasteiger partial charge in [-0.3, -0.25) is 14.9 Å². The second-order valence-electron chi connectivity index (χ2n) is 2.83. The highest BCUT2D eigenvalue weighted by atomic mass is 16.6. The van der Waals surface area contributed by atoms with Gasteiger partial charge >= 0.3 is 0 Å². The van der Waals surface area contributed by atoms with Gasteiger partial charge in [0.15, 0.2) is 0 Å². The smallest absolute Gasteiger partial charge is 0.275 e. The summed E-state index contributed by atoms with van der Waals surface area (Å²) in [5.41, 5.74) is 10.7. The summed E-state index contributed by atoms with van der Waals surface area (Å²) in [6, 6.07) is 2.52.